The van der Waals surface area contributed by atoms with Gasteiger partial charge < -0.3 is 4.42 Å². The van der Waals surface area contributed by atoms with Crippen molar-refractivity contribution in [2.45, 2.75) is 19.3 Å². The van der Waals surface area contributed by atoms with E-state index in [2.05, 4.69) is 110 Å². The summed E-state index contributed by atoms with van der Waals surface area (Å²) in [5.41, 5.74) is 12.4. The minimum atomic E-state index is -0.0544. The summed E-state index contributed by atoms with van der Waals surface area (Å²) in [4.78, 5) is 3.54. The Morgan fingerprint density at radius 2 is 1.18 bits per heavy atom. The first-order chi connectivity index (χ1) is 19.5. The number of furan rings is 1. The summed E-state index contributed by atoms with van der Waals surface area (Å²) in [6.45, 7) is 11.9. The highest BCUT2D eigenvalue weighted by Gasteiger charge is 2.36. The molecule has 188 valence electrons. The Balaban J connectivity index is 1.32. The smallest absolute Gasteiger partial charge is 0.187 e. The number of benzene rings is 6. The van der Waals surface area contributed by atoms with Crippen molar-refractivity contribution in [2.75, 3.05) is 0 Å². The lowest BCUT2D eigenvalue weighted by atomic mass is 9.82. The summed E-state index contributed by atoms with van der Waals surface area (Å²) < 4.78 is 6.42. The molecule has 0 amide bonds. The minimum Gasteiger partial charge on any atom is -0.456 e. The van der Waals surface area contributed by atoms with E-state index in [-0.39, 0.29) is 5.41 Å². The first kappa shape index (κ1) is 22.8. The molecule has 0 bridgehead atoms. The monoisotopic (exact) mass is 511 g/mol. The molecular weight excluding hydrogens is 486 g/mol. The third-order valence-corrected chi connectivity index (χ3v) is 8.72. The SMILES string of the molecule is [C-]#[N+]c1ccc(-c2ccc(-c3ccc4oc5cc6c(cc5c4c3)-c3ccccc3C6(C)C)c3ccccc23)cc1. The maximum absolute atomic E-state index is 7.27. The zero-order valence-corrected chi connectivity index (χ0v) is 22.3. The molecule has 2 nitrogen and oxygen atoms in total. The normalized spacial score (nSPS) is 13.4. The van der Waals surface area contributed by atoms with Crippen molar-refractivity contribution in [3.8, 4) is 33.4 Å². The van der Waals surface area contributed by atoms with Crippen LogP contribution in [0.1, 0.15) is 25.0 Å². The highest BCUT2D eigenvalue weighted by atomic mass is 16.3. The molecule has 0 saturated heterocycles. The number of hydrogen-bond donors (Lipinski definition) is 0. The molecule has 7 aromatic rings. The highest BCUT2D eigenvalue weighted by molar-refractivity contribution is 6.11. The Labute approximate surface area is 232 Å². The third kappa shape index (κ3) is 3.15. The van der Waals surface area contributed by atoms with E-state index in [0.29, 0.717) is 5.69 Å². The largest absolute Gasteiger partial charge is 0.456 e. The van der Waals surface area contributed by atoms with Crippen molar-refractivity contribution < 1.29 is 4.42 Å². The van der Waals surface area contributed by atoms with Crippen molar-refractivity contribution in [1.82, 2.24) is 0 Å². The number of fused-ring (bicyclic) bond motifs is 7. The van der Waals surface area contributed by atoms with E-state index in [1.54, 1.807) is 0 Å². The van der Waals surface area contributed by atoms with Crippen LogP contribution in [0.25, 0.3) is 70.9 Å². The van der Waals surface area contributed by atoms with E-state index in [1.165, 1.54) is 49.7 Å². The van der Waals surface area contributed by atoms with Crippen LogP contribution in [-0.2, 0) is 5.41 Å². The van der Waals surface area contributed by atoms with E-state index in [1.807, 2.05) is 24.3 Å². The molecule has 0 radical (unpaired) electrons. The summed E-state index contributed by atoms with van der Waals surface area (Å²) >= 11 is 0. The van der Waals surface area contributed by atoms with Crippen LogP contribution in [0.5, 0.6) is 0 Å². The van der Waals surface area contributed by atoms with Gasteiger partial charge in [-0.1, -0.05) is 105 Å². The van der Waals surface area contributed by atoms with Gasteiger partial charge in [-0.15, -0.1) is 0 Å². The second-order valence-electron chi connectivity index (χ2n) is 11.2. The molecule has 0 saturated carbocycles. The Hall–Kier alpha value is -5.13. The van der Waals surface area contributed by atoms with Gasteiger partial charge in [0.2, 0.25) is 0 Å². The van der Waals surface area contributed by atoms with Crippen molar-refractivity contribution in [3.63, 3.8) is 0 Å². The Morgan fingerprint density at radius 3 is 1.93 bits per heavy atom. The van der Waals surface area contributed by atoms with Gasteiger partial charge in [-0.05, 0) is 79.5 Å². The fourth-order valence-corrected chi connectivity index (χ4v) is 6.66. The lowest BCUT2D eigenvalue weighted by molar-refractivity contribution is 0.647. The molecule has 0 N–H and O–H groups in total. The molecular formula is C38H25NO. The predicted molar refractivity (Wildman–Crippen MR) is 166 cm³/mol. The lowest BCUT2D eigenvalue weighted by Gasteiger charge is -2.21. The van der Waals surface area contributed by atoms with Crippen LogP contribution in [0.4, 0.5) is 5.69 Å². The number of hydrogen-bond acceptors (Lipinski definition) is 1. The average molecular weight is 512 g/mol. The Bertz CT molecular complexity index is 2190. The van der Waals surface area contributed by atoms with Crippen molar-refractivity contribution in [2.24, 2.45) is 0 Å². The van der Waals surface area contributed by atoms with Crippen LogP contribution in [0.2, 0.25) is 0 Å². The standard InChI is InChI=1S/C38H25NO/c1-38(2)34-11-7-6-10-30(34)31-21-33-32-20-24(14-19-36(32)40-37(33)22-35(31)38)27-18-17-26(28-8-4-5-9-29(27)28)23-12-15-25(39-3)16-13-23/h4-22H,1-2H3. The minimum absolute atomic E-state index is 0.0544. The van der Waals surface area contributed by atoms with Crippen LogP contribution in [-0.4, -0.2) is 0 Å². The lowest BCUT2D eigenvalue weighted by Crippen LogP contribution is -2.14. The van der Waals surface area contributed by atoms with E-state index < -0.39 is 0 Å². The summed E-state index contributed by atoms with van der Waals surface area (Å²) in [7, 11) is 0. The first-order valence-corrected chi connectivity index (χ1v) is 13.6. The maximum atomic E-state index is 7.27. The molecule has 0 atom stereocenters. The Morgan fingerprint density at radius 1 is 0.525 bits per heavy atom. The fourth-order valence-electron chi connectivity index (χ4n) is 6.66. The topological polar surface area (TPSA) is 17.5 Å². The molecule has 0 fully saturated rings. The van der Waals surface area contributed by atoms with Gasteiger partial charge in [-0.25, -0.2) is 4.85 Å². The van der Waals surface area contributed by atoms with Crippen molar-refractivity contribution in [3.05, 3.63) is 138 Å². The van der Waals surface area contributed by atoms with Gasteiger partial charge in [0.25, 0.3) is 0 Å². The van der Waals surface area contributed by atoms with Crippen molar-refractivity contribution >= 4 is 38.4 Å². The van der Waals surface area contributed by atoms with E-state index >= 15 is 0 Å². The highest BCUT2D eigenvalue weighted by Crippen LogP contribution is 2.51. The van der Waals surface area contributed by atoms with Crippen LogP contribution in [0.3, 0.4) is 0 Å². The molecule has 40 heavy (non-hydrogen) atoms. The van der Waals surface area contributed by atoms with E-state index in [9.17, 15) is 0 Å². The summed E-state index contributed by atoms with van der Waals surface area (Å²) in [6.07, 6.45) is 0. The van der Waals surface area contributed by atoms with Crippen LogP contribution >= 0.6 is 0 Å². The molecule has 1 aromatic heterocycles. The van der Waals surface area contributed by atoms with Gasteiger partial charge in [0.15, 0.2) is 5.69 Å². The van der Waals surface area contributed by atoms with Crippen LogP contribution in [0.15, 0.2) is 120 Å². The fraction of sp³-hybridized carbons (Fsp3) is 0.0789. The Kier molecular flexibility index (Phi) is 4.67. The van der Waals surface area contributed by atoms with Gasteiger partial charge >= 0.3 is 0 Å². The van der Waals surface area contributed by atoms with Crippen LogP contribution < -0.4 is 0 Å². The predicted octanol–water partition coefficient (Wildman–Crippen LogP) is 10.9. The van der Waals surface area contributed by atoms with Gasteiger partial charge in [0.05, 0.1) is 6.57 Å². The van der Waals surface area contributed by atoms with Gasteiger partial charge in [-0.2, -0.15) is 0 Å². The first-order valence-electron chi connectivity index (χ1n) is 13.6. The summed E-state index contributed by atoms with van der Waals surface area (Å²) in [5, 5.41) is 4.70. The molecule has 1 aliphatic carbocycles. The maximum Gasteiger partial charge on any atom is 0.187 e. The quantitative estimate of drug-likeness (QED) is 0.211. The van der Waals surface area contributed by atoms with E-state index in [4.69, 9.17) is 11.0 Å². The van der Waals surface area contributed by atoms with Gasteiger partial charge in [0, 0.05) is 16.2 Å². The molecule has 0 unspecified atom stereocenters. The average Bonchev–Trinajstić information content (AvgIpc) is 3.47. The van der Waals surface area contributed by atoms with Gasteiger partial charge in [-0.3, -0.25) is 0 Å². The molecule has 0 spiro atoms. The zero-order valence-electron chi connectivity index (χ0n) is 22.3. The van der Waals surface area contributed by atoms with E-state index in [0.717, 1.165) is 27.5 Å². The molecule has 1 heterocycles. The molecule has 8 rings (SSSR count). The molecule has 6 aromatic carbocycles. The van der Waals surface area contributed by atoms with Crippen molar-refractivity contribution in [1.29, 1.82) is 0 Å². The molecule has 0 aliphatic heterocycles. The van der Waals surface area contributed by atoms with Crippen LogP contribution in [0, 0.1) is 6.57 Å². The summed E-state index contributed by atoms with van der Waals surface area (Å²) in [5.74, 6) is 0. The second kappa shape index (κ2) is 8.18. The number of nitrogens with zero attached hydrogens (tertiary/aromatic N) is 1. The number of rotatable bonds is 2. The zero-order chi connectivity index (χ0) is 27.0. The summed E-state index contributed by atoms with van der Waals surface area (Å²) in [6, 6.07) is 40.8. The molecule has 1 aliphatic rings. The second-order valence-corrected chi connectivity index (χ2v) is 11.2. The third-order valence-electron chi connectivity index (χ3n) is 8.72. The molecule has 2 heteroatoms. The van der Waals surface area contributed by atoms with Gasteiger partial charge in [0.1, 0.15) is 11.2 Å².